The molecular formula is C20H24O5. The third-order valence-electron chi connectivity index (χ3n) is 2.58. The topological polar surface area (TPSA) is 72.8 Å². The summed E-state index contributed by atoms with van der Waals surface area (Å²) in [5.41, 5.74) is 0. The number of carbonyl (C=O) groups is 2. The number of aliphatic hydroxyl groups excluding tert-OH is 1. The normalized spacial score (nSPS) is 11.9. The minimum atomic E-state index is -0.477. The van der Waals surface area contributed by atoms with Crippen LogP contribution < -0.4 is 0 Å². The first kappa shape index (κ1) is 22.2. The van der Waals surface area contributed by atoms with Crippen molar-refractivity contribution < 1.29 is 24.2 Å². The van der Waals surface area contributed by atoms with E-state index in [4.69, 9.17) is 14.6 Å². The molecule has 0 amide bonds. The summed E-state index contributed by atoms with van der Waals surface area (Å²) in [6, 6.07) is 0. The summed E-state index contributed by atoms with van der Waals surface area (Å²) in [6.07, 6.45) is 9.66. The quantitative estimate of drug-likeness (QED) is 0.415. The van der Waals surface area contributed by atoms with E-state index in [9.17, 15) is 9.59 Å². The zero-order valence-corrected chi connectivity index (χ0v) is 14.8. The molecule has 1 atom stereocenters. The van der Waals surface area contributed by atoms with E-state index in [0.717, 1.165) is 0 Å². The zero-order valence-electron chi connectivity index (χ0n) is 14.8. The second-order valence-electron chi connectivity index (χ2n) is 5.13. The van der Waals surface area contributed by atoms with Crippen LogP contribution in [0.1, 0.15) is 27.2 Å². The molecule has 0 aliphatic carbocycles. The molecule has 0 unspecified atom stereocenters. The van der Waals surface area contributed by atoms with Gasteiger partial charge in [-0.05, 0) is 30.1 Å². The van der Waals surface area contributed by atoms with E-state index in [0.29, 0.717) is 6.42 Å². The number of rotatable bonds is 8. The third kappa shape index (κ3) is 14.6. The number of aliphatic hydroxyl groups is 1. The van der Waals surface area contributed by atoms with Crippen LogP contribution in [0.3, 0.4) is 0 Å². The van der Waals surface area contributed by atoms with Gasteiger partial charge in [0.25, 0.3) is 0 Å². The third-order valence-corrected chi connectivity index (χ3v) is 2.58. The van der Waals surface area contributed by atoms with Gasteiger partial charge >= 0.3 is 11.9 Å². The Kier molecular flexibility index (Phi) is 13.2. The molecule has 1 N–H and O–H groups in total. The van der Waals surface area contributed by atoms with Crippen molar-refractivity contribution in [2.45, 2.75) is 33.3 Å². The van der Waals surface area contributed by atoms with E-state index in [-0.39, 0.29) is 31.1 Å². The number of hydrogen-bond donors (Lipinski definition) is 1. The van der Waals surface area contributed by atoms with Gasteiger partial charge in [0.15, 0.2) is 0 Å². The highest BCUT2D eigenvalue weighted by atomic mass is 16.6. The predicted octanol–water partition coefficient (Wildman–Crippen LogP) is 2.18. The van der Waals surface area contributed by atoms with Gasteiger partial charge in [0.2, 0.25) is 0 Å². The molecule has 0 saturated heterocycles. The first-order valence-corrected chi connectivity index (χ1v) is 7.91. The van der Waals surface area contributed by atoms with E-state index < -0.39 is 6.10 Å². The van der Waals surface area contributed by atoms with E-state index in [2.05, 4.69) is 23.7 Å². The first-order valence-electron chi connectivity index (χ1n) is 7.91. The van der Waals surface area contributed by atoms with Crippen molar-refractivity contribution in [1.82, 2.24) is 0 Å². The highest BCUT2D eigenvalue weighted by Gasteiger charge is 2.14. The Hall–Kier alpha value is -2.76. The van der Waals surface area contributed by atoms with Gasteiger partial charge in [-0.15, -0.1) is 0 Å². The average molecular weight is 344 g/mol. The van der Waals surface area contributed by atoms with Crippen LogP contribution >= 0.6 is 0 Å². The Morgan fingerprint density at radius 2 is 1.80 bits per heavy atom. The lowest BCUT2D eigenvalue weighted by atomic mass is 10.2. The monoisotopic (exact) mass is 344 g/mol. The number of hydrogen-bond acceptors (Lipinski definition) is 5. The summed E-state index contributed by atoms with van der Waals surface area (Å²) in [7, 11) is 0. The van der Waals surface area contributed by atoms with Gasteiger partial charge in [-0.1, -0.05) is 43.9 Å². The standard InChI is InChI=1S/C20H24O5/c1-17(2)20(23)25-19(14-16-24-18(3)22)13-11-9-7-5-4-6-8-10-12-15-21/h7,9-13,17,19,21H,14-16H2,1-3H3/b9-7-,12-10+,13-11+/t19-/m1/s1. The number of carbonyl (C=O) groups excluding carboxylic acids is 2. The molecule has 0 heterocycles. The summed E-state index contributed by atoms with van der Waals surface area (Å²) in [5.74, 6) is 9.67. The van der Waals surface area contributed by atoms with Crippen molar-refractivity contribution >= 4 is 11.9 Å². The number of allylic oxidation sites excluding steroid dienone is 4. The molecule has 25 heavy (non-hydrogen) atoms. The molecule has 0 rings (SSSR count). The molecular weight excluding hydrogens is 320 g/mol. The van der Waals surface area contributed by atoms with Gasteiger partial charge in [0, 0.05) is 13.3 Å². The Bertz CT molecular complexity index is 618. The molecule has 134 valence electrons. The summed E-state index contributed by atoms with van der Waals surface area (Å²) < 4.78 is 10.2. The molecule has 0 fully saturated rings. The summed E-state index contributed by atoms with van der Waals surface area (Å²) in [5, 5.41) is 8.51. The largest absolute Gasteiger partial charge is 0.466 e. The lowest BCUT2D eigenvalue weighted by Crippen LogP contribution is -2.21. The number of esters is 2. The smallest absolute Gasteiger partial charge is 0.308 e. The lowest BCUT2D eigenvalue weighted by Gasteiger charge is -2.15. The van der Waals surface area contributed by atoms with Crippen LogP contribution in [0, 0.1) is 29.6 Å². The summed E-state index contributed by atoms with van der Waals surface area (Å²) in [4.78, 5) is 22.5. The highest BCUT2D eigenvalue weighted by molar-refractivity contribution is 5.71. The SMILES string of the molecule is CC(=O)OCC[C@@H](/C=C/C=C\C#CC#C/C=C/CO)OC(=O)C(C)C. The van der Waals surface area contributed by atoms with Crippen molar-refractivity contribution in [3.05, 3.63) is 36.5 Å². The molecule has 0 radical (unpaired) electrons. The Morgan fingerprint density at radius 3 is 2.40 bits per heavy atom. The second-order valence-corrected chi connectivity index (χ2v) is 5.13. The molecule has 0 bridgehead atoms. The van der Waals surface area contributed by atoms with Crippen LogP contribution in [0.15, 0.2) is 36.5 Å². The van der Waals surface area contributed by atoms with E-state index in [1.54, 1.807) is 38.2 Å². The van der Waals surface area contributed by atoms with Crippen molar-refractivity contribution in [2.75, 3.05) is 13.2 Å². The van der Waals surface area contributed by atoms with Crippen molar-refractivity contribution in [2.24, 2.45) is 5.92 Å². The maximum Gasteiger partial charge on any atom is 0.308 e. The molecule has 5 nitrogen and oxygen atoms in total. The lowest BCUT2D eigenvalue weighted by molar-refractivity contribution is -0.151. The van der Waals surface area contributed by atoms with E-state index in [1.807, 2.05) is 0 Å². The number of ether oxygens (including phenoxy) is 2. The van der Waals surface area contributed by atoms with Gasteiger partial charge in [-0.3, -0.25) is 9.59 Å². The van der Waals surface area contributed by atoms with Crippen molar-refractivity contribution in [3.63, 3.8) is 0 Å². The molecule has 0 aromatic carbocycles. The van der Waals surface area contributed by atoms with Gasteiger partial charge in [0.05, 0.1) is 19.1 Å². The second kappa shape index (κ2) is 14.8. The first-order chi connectivity index (χ1) is 12.0. The molecule has 5 heteroatoms. The van der Waals surface area contributed by atoms with E-state index in [1.165, 1.54) is 19.1 Å². The molecule has 0 aliphatic rings. The van der Waals surface area contributed by atoms with Crippen LogP contribution in [0.25, 0.3) is 0 Å². The molecule has 0 aromatic rings. The fourth-order valence-electron chi connectivity index (χ4n) is 1.36. The van der Waals surface area contributed by atoms with Crippen LogP contribution in [0.2, 0.25) is 0 Å². The van der Waals surface area contributed by atoms with Crippen molar-refractivity contribution in [1.29, 1.82) is 0 Å². The van der Waals surface area contributed by atoms with Crippen LogP contribution in [0.5, 0.6) is 0 Å². The summed E-state index contributed by atoms with van der Waals surface area (Å²) >= 11 is 0. The van der Waals surface area contributed by atoms with Gasteiger partial charge in [0.1, 0.15) is 6.10 Å². The van der Waals surface area contributed by atoms with Crippen LogP contribution in [-0.2, 0) is 19.1 Å². The van der Waals surface area contributed by atoms with Gasteiger partial charge < -0.3 is 14.6 Å². The minimum Gasteiger partial charge on any atom is -0.466 e. The van der Waals surface area contributed by atoms with Crippen LogP contribution in [-0.4, -0.2) is 36.4 Å². The minimum absolute atomic E-state index is 0.0488. The van der Waals surface area contributed by atoms with E-state index >= 15 is 0 Å². The van der Waals surface area contributed by atoms with Gasteiger partial charge in [-0.2, -0.15) is 0 Å². The van der Waals surface area contributed by atoms with Crippen molar-refractivity contribution in [3.8, 4) is 23.7 Å². The molecule has 0 aliphatic heterocycles. The molecule has 0 aromatic heterocycles. The fraction of sp³-hybridized carbons (Fsp3) is 0.400. The highest BCUT2D eigenvalue weighted by Crippen LogP contribution is 2.07. The van der Waals surface area contributed by atoms with Crippen LogP contribution in [0.4, 0.5) is 0 Å². The Labute approximate surface area is 149 Å². The maximum absolute atomic E-state index is 11.7. The average Bonchev–Trinajstić information content (AvgIpc) is 2.55. The molecule has 0 spiro atoms. The summed E-state index contributed by atoms with van der Waals surface area (Å²) in [6.45, 7) is 4.96. The maximum atomic E-state index is 11.7. The fourth-order valence-corrected chi connectivity index (χ4v) is 1.36. The predicted molar refractivity (Wildman–Crippen MR) is 96.0 cm³/mol. The Morgan fingerprint density at radius 1 is 1.12 bits per heavy atom. The van der Waals surface area contributed by atoms with Gasteiger partial charge in [-0.25, -0.2) is 0 Å². The Balaban J connectivity index is 4.56. The molecule has 0 saturated carbocycles. The zero-order chi connectivity index (χ0) is 18.9.